The van der Waals surface area contributed by atoms with Gasteiger partial charge in [-0.15, -0.1) is 0 Å². The van der Waals surface area contributed by atoms with E-state index in [1.807, 2.05) is 6.92 Å². The van der Waals surface area contributed by atoms with Crippen molar-refractivity contribution in [3.63, 3.8) is 0 Å². The van der Waals surface area contributed by atoms with E-state index in [0.29, 0.717) is 12.5 Å². The van der Waals surface area contributed by atoms with Gasteiger partial charge in [0.1, 0.15) is 0 Å². The molecule has 2 atom stereocenters. The molecule has 1 aromatic rings. The molecule has 106 valence electrons. The van der Waals surface area contributed by atoms with Gasteiger partial charge in [0.15, 0.2) is 0 Å². The van der Waals surface area contributed by atoms with E-state index in [1.165, 1.54) is 0 Å². The van der Waals surface area contributed by atoms with Crippen LogP contribution in [0.2, 0.25) is 0 Å². The minimum Gasteiger partial charge on any atom is -0.328 e. The molecule has 1 aromatic carbocycles. The standard InChI is InChI=1S/C14H19F3N2/c1-10(18)12-6-7-19(9-12)8-11-2-4-13(5-3-11)14(15,16)17/h2-5,10,12H,6-9,18H2,1H3. The van der Waals surface area contributed by atoms with Crippen LogP contribution in [0.25, 0.3) is 0 Å². The Bertz CT molecular complexity index is 412. The topological polar surface area (TPSA) is 29.3 Å². The number of hydrogen-bond acceptors (Lipinski definition) is 2. The van der Waals surface area contributed by atoms with Crippen molar-refractivity contribution in [3.05, 3.63) is 35.4 Å². The first-order chi connectivity index (χ1) is 8.86. The monoisotopic (exact) mass is 272 g/mol. The molecule has 0 bridgehead atoms. The zero-order chi connectivity index (χ0) is 14.0. The molecule has 0 saturated carbocycles. The minimum atomic E-state index is -4.26. The molecule has 2 nitrogen and oxygen atoms in total. The molecule has 0 spiro atoms. The van der Waals surface area contributed by atoms with E-state index in [1.54, 1.807) is 12.1 Å². The Labute approximate surface area is 111 Å². The summed E-state index contributed by atoms with van der Waals surface area (Å²) in [5.41, 5.74) is 6.19. The summed E-state index contributed by atoms with van der Waals surface area (Å²) < 4.78 is 37.3. The van der Waals surface area contributed by atoms with Crippen LogP contribution in [0.15, 0.2) is 24.3 Å². The van der Waals surface area contributed by atoms with Crippen molar-refractivity contribution in [1.29, 1.82) is 0 Å². The fourth-order valence-corrected chi connectivity index (χ4v) is 2.49. The first-order valence-electron chi connectivity index (χ1n) is 6.50. The summed E-state index contributed by atoms with van der Waals surface area (Å²) >= 11 is 0. The third kappa shape index (κ3) is 3.70. The van der Waals surface area contributed by atoms with Crippen LogP contribution in [0, 0.1) is 5.92 Å². The summed E-state index contributed by atoms with van der Waals surface area (Å²) in [7, 11) is 0. The number of nitrogens with zero attached hydrogens (tertiary/aromatic N) is 1. The van der Waals surface area contributed by atoms with Crippen LogP contribution in [-0.2, 0) is 12.7 Å². The summed E-state index contributed by atoms with van der Waals surface area (Å²) in [5, 5.41) is 0. The maximum atomic E-state index is 12.4. The molecule has 2 rings (SSSR count). The molecule has 2 unspecified atom stereocenters. The zero-order valence-corrected chi connectivity index (χ0v) is 11.0. The quantitative estimate of drug-likeness (QED) is 0.916. The Morgan fingerprint density at radius 3 is 2.42 bits per heavy atom. The Morgan fingerprint density at radius 2 is 1.95 bits per heavy atom. The highest BCUT2D eigenvalue weighted by Crippen LogP contribution is 2.29. The van der Waals surface area contributed by atoms with Crippen molar-refractivity contribution in [2.45, 2.75) is 32.1 Å². The van der Waals surface area contributed by atoms with Crippen molar-refractivity contribution in [3.8, 4) is 0 Å². The highest BCUT2D eigenvalue weighted by molar-refractivity contribution is 5.24. The number of halogens is 3. The number of alkyl halides is 3. The molecule has 1 heterocycles. The summed E-state index contributed by atoms with van der Waals surface area (Å²) in [6, 6.07) is 5.59. The van der Waals surface area contributed by atoms with E-state index in [9.17, 15) is 13.2 Å². The Morgan fingerprint density at radius 1 is 1.32 bits per heavy atom. The van der Waals surface area contributed by atoms with Crippen LogP contribution in [0.5, 0.6) is 0 Å². The highest BCUT2D eigenvalue weighted by atomic mass is 19.4. The number of hydrogen-bond donors (Lipinski definition) is 1. The largest absolute Gasteiger partial charge is 0.416 e. The van der Waals surface area contributed by atoms with Gasteiger partial charge in [-0.25, -0.2) is 0 Å². The second-order valence-electron chi connectivity index (χ2n) is 5.34. The zero-order valence-electron chi connectivity index (χ0n) is 11.0. The molecule has 2 N–H and O–H groups in total. The molecule has 19 heavy (non-hydrogen) atoms. The Balaban J connectivity index is 1.94. The van der Waals surface area contributed by atoms with Crippen LogP contribution >= 0.6 is 0 Å². The van der Waals surface area contributed by atoms with Gasteiger partial charge in [-0.1, -0.05) is 12.1 Å². The highest BCUT2D eigenvalue weighted by Gasteiger charge is 2.30. The molecule has 0 amide bonds. The molecule has 1 aliphatic heterocycles. The maximum absolute atomic E-state index is 12.4. The third-order valence-electron chi connectivity index (χ3n) is 3.74. The number of nitrogens with two attached hydrogens (primary N) is 1. The van der Waals surface area contributed by atoms with Gasteiger partial charge in [0.05, 0.1) is 5.56 Å². The molecule has 1 fully saturated rings. The van der Waals surface area contributed by atoms with E-state index >= 15 is 0 Å². The lowest BCUT2D eigenvalue weighted by Gasteiger charge is -2.18. The van der Waals surface area contributed by atoms with Gasteiger partial charge in [-0.05, 0) is 43.5 Å². The molecule has 0 radical (unpaired) electrons. The van der Waals surface area contributed by atoms with Crippen LogP contribution in [0.3, 0.4) is 0 Å². The molecule has 0 aromatic heterocycles. The van der Waals surface area contributed by atoms with E-state index in [0.717, 1.165) is 37.2 Å². The Hall–Kier alpha value is -1.07. The summed E-state index contributed by atoms with van der Waals surface area (Å²) in [6.45, 7) is 4.60. The number of likely N-dealkylation sites (tertiary alicyclic amines) is 1. The molecule has 0 aliphatic carbocycles. The number of benzene rings is 1. The third-order valence-corrected chi connectivity index (χ3v) is 3.74. The van der Waals surface area contributed by atoms with Crippen LogP contribution in [0.1, 0.15) is 24.5 Å². The van der Waals surface area contributed by atoms with Gasteiger partial charge in [-0.3, -0.25) is 4.90 Å². The SMILES string of the molecule is CC(N)C1CCN(Cc2ccc(C(F)(F)F)cc2)C1. The van der Waals surface area contributed by atoms with Crippen LogP contribution in [-0.4, -0.2) is 24.0 Å². The predicted molar refractivity (Wildman–Crippen MR) is 68.5 cm³/mol. The lowest BCUT2D eigenvalue weighted by Crippen LogP contribution is -2.29. The maximum Gasteiger partial charge on any atom is 0.416 e. The van der Waals surface area contributed by atoms with Crippen molar-refractivity contribution >= 4 is 0 Å². The van der Waals surface area contributed by atoms with Gasteiger partial charge < -0.3 is 5.73 Å². The van der Waals surface area contributed by atoms with Gasteiger partial charge in [0.25, 0.3) is 0 Å². The smallest absolute Gasteiger partial charge is 0.328 e. The van der Waals surface area contributed by atoms with E-state index < -0.39 is 11.7 Å². The van der Waals surface area contributed by atoms with Gasteiger partial charge in [0.2, 0.25) is 0 Å². The second-order valence-corrected chi connectivity index (χ2v) is 5.34. The van der Waals surface area contributed by atoms with E-state index in [2.05, 4.69) is 4.90 Å². The second kappa shape index (κ2) is 5.51. The van der Waals surface area contributed by atoms with E-state index in [-0.39, 0.29) is 6.04 Å². The Kier molecular flexibility index (Phi) is 4.16. The van der Waals surface area contributed by atoms with Crippen molar-refractivity contribution in [1.82, 2.24) is 4.90 Å². The lowest BCUT2D eigenvalue weighted by atomic mass is 10.0. The summed E-state index contributed by atoms with van der Waals surface area (Å²) in [4.78, 5) is 2.25. The minimum absolute atomic E-state index is 0.178. The fraction of sp³-hybridized carbons (Fsp3) is 0.571. The predicted octanol–water partition coefficient (Wildman–Crippen LogP) is 2.87. The summed E-state index contributed by atoms with van der Waals surface area (Å²) in [5.74, 6) is 0.495. The first-order valence-corrected chi connectivity index (χ1v) is 6.50. The van der Waals surface area contributed by atoms with Gasteiger partial charge >= 0.3 is 6.18 Å². The van der Waals surface area contributed by atoms with Crippen LogP contribution in [0.4, 0.5) is 13.2 Å². The number of rotatable bonds is 3. The van der Waals surface area contributed by atoms with Crippen molar-refractivity contribution < 1.29 is 13.2 Å². The molecular formula is C14H19F3N2. The first kappa shape index (κ1) is 14.3. The lowest BCUT2D eigenvalue weighted by molar-refractivity contribution is -0.137. The summed E-state index contributed by atoms with van der Waals surface area (Å²) in [6.07, 6.45) is -3.19. The van der Waals surface area contributed by atoms with E-state index in [4.69, 9.17) is 5.73 Å². The normalized spacial score (nSPS) is 22.7. The average Bonchev–Trinajstić information content (AvgIpc) is 2.77. The van der Waals surface area contributed by atoms with Crippen LogP contribution < -0.4 is 5.73 Å². The molecule has 5 heteroatoms. The average molecular weight is 272 g/mol. The molecular weight excluding hydrogens is 253 g/mol. The molecule has 1 saturated heterocycles. The van der Waals surface area contributed by atoms with Gasteiger partial charge in [-0.2, -0.15) is 13.2 Å². The fourth-order valence-electron chi connectivity index (χ4n) is 2.49. The van der Waals surface area contributed by atoms with Gasteiger partial charge in [0, 0.05) is 19.1 Å². The van der Waals surface area contributed by atoms with Crippen molar-refractivity contribution in [2.75, 3.05) is 13.1 Å². The van der Waals surface area contributed by atoms with Crippen molar-refractivity contribution in [2.24, 2.45) is 11.7 Å². The molecule has 1 aliphatic rings.